The molecule has 2 aromatic rings. The van der Waals surface area contributed by atoms with Gasteiger partial charge in [-0.1, -0.05) is 17.2 Å². The first-order valence-corrected chi connectivity index (χ1v) is 7.12. The average Bonchev–Trinajstić information content (AvgIpc) is 2.87. The predicted octanol–water partition coefficient (Wildman–Crippen LogP) is 3.02. The van der Waals surface area contributed by atoms with Crippen LogP contribution in [0.2, 0.25) is 0 Å². The maximum absolute atomic E-state index is 13.6. The molecule has 7 nitrogen and oxygen atoms in total. The number of hydrogen-bond donors (Lipinski definition) is 3. The summed E-state index contributed by atoms with van der Waals surface area (Å²) in [5.41, 5.74) is 3.89. The van der Waals surface area contributed by atoms with E-state index in [1.54, 1.807) is 30.3 Å². The molecule has 0 radical (unpaired) electrons. The summed E-state index contributed by atoms with van der Waals surface area (Å²) in [6.07, 6.45) is 0. The van der Waals surface area contributed by atoms with Crippen molar-refractivity contribution in [3.05, 3.63) is 53.8 Å². The monoisotopic (exact) mass is 335 g/mol. The summed E-state index contributed by atoms with van der Waals surface area (Å²) < 4.78 is 17.9. The van der Waals surface area contributed by atoms with E-state index in [4.69, 9.17) is 5.26 Å². The molecule has 0 unspecified atom stereocenters. The van der Waals surface area contributed by atoms with Crippen molar-refractivity contribution in [2.75, 3.05) is 10.7 Å². The van der Waals surface area contributed by atoms with E-state index in [0.29, 0.717) is 16.1 Å². The SMILES string of the molecule is O=C1Nc2ccc(SOOO)cc2/C1=N/Nc1ccccc1F. The van der Waals surface area contributed by atoms with Crippen molar-refractivity contribution in [2.24, 2.45) is 5.10 Å². The molecule has 1 amide bonds. The molecule has 9 heteroatoms. The summed E-state index contributed by atoms with van der Waals surface area (Å²) in [5.74, 6) is -0.890. The van der Waals surface area contributed by atoms with Gasteiger partial charge >= 0.3 is 0 Å². The minimum atomic E-state index is -0.478. The Balaban J connectivity index is 1.88. The highest BCUT2D eigenvalue weighted by molar-refractivity contribution is 7.94. The van der Waals surface area contributed by atoms with Crippen molar-refractivity contribution < 1.29 is 23.8 Å². The first-order chi connectivity index (χ1) is 11.2. The highest BCUT2D eigenvalue weighted by Crippen LogP contribution is 2.29. The summed E-state index contributed by atoms with van der Waals surface area (Å²) in [5, 5.41) is 18.3. The smallest absolute Gasteiger partial charge is 0.276 e. The quantitative estimate of drug-likeness (QED) is 0.442. The number of anilines is 2. The Morgan fingerprint density at radius 1 is 1.26 bits per heavy atom. The molecule has 3 N–H and O–H groups in total. The molecule has 0 aromatic heterocycles. The second-order valence-electron chi connectivity index (χ2n) is 4.44. The molecule has 0 aliphatic carbocycles. The number of para-hydroxylation sites is 1. The fourth-order valence-corrected chi connectivity index (χ4v) is 2.42. The van der Waals surface area contributed by atoms with E-state index in [-0.39, 0.29) is 11.4 Å². The Morgan fingerprint density at radius 2 is 2.09 bits per heavy atom. The zero-order valence-electron chi connectivity index (χ0n) is 11.4. The largest absolute Gasteiger partial charge is 0.320 e. The predicted molar refractivity (Wildman–Crippen MR) is 82.3 cm³/mol. The summed E-state index contributed by atoms with van der Waals surface area (Å²) in [6.45, 7) is 0. The van der Waals surface area contributed by atoms with E-state index in [1.165, 1.54) is 12.1 Å². The zero-order chi connectivity index (χ0) is 16.2. The second kappa shape index (κ2) is 6.75. The lowest BCUT2D eigenvalue weighted by molar-refractivity contribution is -0.432. The van der Waals surface area contributed by atoms with Crippen LogP contribution in [0.4, 0.5) is 15.8 Å². The normalized spacial score (nSPS) is 14.7. The number of nitrogens with one attached hydrogen (secondary N) is 2. The Kier molecular flexibility index (Phi) is 4.53. The van der Waals surface area contributed by atoms with E-state index in [1.807, 2.05) is 0 Å². The van der Waals surface area contributed by atoms with Crippen molar-refractivity contribution in [2.45, 2.75) is 4.90 Å². The van der Waals surface area contributed by atoms with E-state index >= 15 is 0 Å². The number of nitrogens with zero attached hydrogens (tertiary/aromatic N) is 1. The van der Waals surface area contributed by atoms with Gasteiger partial charge in [-0.3, -0.25) is 10.2 Å². The Hall–Kier alpha value is -2.46. The van der Waals surface area contributed by atoms with Gasteiger partial charge in [0.1, 0.15) is 5.82 Å². The van der Waals surface area contributed by atoms with Crippen molar-refractivity contribution in [1.29, 1.82) is 0 Å². The number of halogens is 1. The molecule has 1 aliphatic heterocycles. The fourth-order valence-electron chi connectivity index (χ4n) is 2.02. The van der Waals surface area contributed by atoms with Gasteiger partial charge in [0, 0.05) is 10.5 Å². The lowest BCUT2D eigenvalue weighted by Gasteiger charge is -2.04. The minimum absolute atomic E-state index is 0.107. The van der Waals surface area contributed by atoms with Crippen LogP contribution < -0.4 is 10.7 Å². The molecule has 2 aromatic carbocycles. The van der Waals surface area contributed by atoms with E-state index < -0.39 is 11.7 Å². The van der Waals surface area contributed by atoms with Gasteiger partial charge in [0.2, 0.25) is 0 Å². The molecule has 0 atom stereocenters. The second-order valence-corrected chi connectivity index (χ2v) is 5.21. The van der Waals surface area contributed by atoms with Crippen LogP contribution in [0.1, 0.15) is 5.56 Å². The molecule has 1 heterocycles. The average molecular weight is 335 g/mol. The number of benzene rings is 2. The summed E-state index contributed by atoms with van der Waals surface area (Å²) in [6, 6.07) is 10.9. The Morgan fingerprint density at radius 3 is 2.87 bits per heavy atom. The van der Waals surface area contributed by atoms with Gasteiger partial charge < -0.3 is 5.32 Å². The molecule has 0 spiro atoms. The fraction of sp³-hybridized carbons (Fsp3) is 0. The van der Waals surface area contributed by atoms with Gasteiger partial charge in [-0.25, -0.2) is 9.65 Å². The molecule has 3 rings (SSSR count). The lowest BCUT2D eigenvalue weighted by atomic mass is 10.1. The lowest BCUT2D eigenvalue weighted by Crippen LogP contribution is -2.16. The maximum atomic E-state index is 13.6. The van der Waals surface area contributed by atoms with Gasteiger partial charge in [-0.2, -0.15) is 5.10 Å². The van der Waals surface area contributed by atoms with Crippen molar-refractivity contribution in [1.82, 2.24) is 0 Å². The molecule has 0 saturated carbocycles. The molecule has 0 bridgehead atoms. The Labute approximate surface area is 134 Å². The van der Waals surface area contributed by atoms with Gasteiger partial charge in [-0.05, 0) is 30.3 Å². The maximum Gasteiger partial charge on any atom is 0.276 e. The first kappa shape index (κ1) is 15.4. The van der Waals surface area contributed by atoms with Crippen molar-refractivity contribution >= 4 is 35.0 Å². The summed E-state index contributed by atoms with van der Waals surface area (Å²) in [4.78, 5) is 12.6. The first-order valence-electron chi connectivity index (χ1n) is 6.38. The number of amides is 1. The van der Waals surface area contributed by atoms with E-state index in [0.717, 1.165) is 12.0 Å². The van der Waals surface area contributed by atoms with Crippen LogP contribution in [0.25, 0.3) is 0 Å². The topological polar surface area (TPSA) is 92.2 Å². The summed E-state index contributed by atoms with van der Waals surface area (Å²) >= 11 is 0.760. The standard InChI is InChI=1S/C14H10FN3O4S/c15-10-3-1-2-4-12(10)17-18-13-9-7-8(23-22-21-20)5-6-11(9)16-14(13)19/h1-7,17,20H,(H,16,18,19). The molecule has 23 heavy (non-hydrogen) atoms. The van der Waals surface area contributed by atoms with Crippen LogP contribution in [-0.4, -0.2) is 16.9 Å². The number of carbonyl (C=O) groups excluding carboxylic acids is 1. The highest BCUT2D eigenvalue weighted by atomic mass is 32.2. The minimum Gasteiger partial charge on any atom is -0.320 e. The number of hydrazone groups is 1. The third kappa shape index (κ3) is 3.32. The molecule has 118 valence electrons. The third-order valence-corrected chi connectivity index (χ3v) is 3.61. The molecular formula is C14H10FN3O4S. The molecular weight excluding hydrogens is 325 g/mol. The number of carbonyl (C=O) groups is 1. The van der Waals surface area contributed by atoms with Crippen LogP contribution in [0.5, 0.6) is 0 Å². The van der Waals surface area contributed by atoms with Gasteiger partial charge in [-0.15, -0.1) is 4.33 Å². The van der Waals surface area contributed by atoms with Crippen LogP contribution in [0.15, 0.2) is 52.5 Å². The molecule has 0 fully saturated rings. The molecule has 1 aliphatic rings. The van der Waals surface area contributed by atoms with Crippen molar-refractivity contribution in [3.63, 3.8) is 0 Å². The molecule has 0 saturated heterocycles. The van der Waals surface area contributed by atoms with Crippen molar-refractivity contribution in [3.8, 4) is 0 Å². The summed E-state index contributed by atoms with van der Waals surface area (Å²) in [7, 11) is 0. The highest BCUT2D eigenvalue weighted by Gasteiger charge is 2.26. The number of fused-ring (bicyclic) bond motifs is 1. The van der Waals surface area contributed by atoms with E-state index in [2.05, 4.69) is 25.2 Å². The zero-order valence-corrected chi connectivity index (χ0v) is 12.3. The third-order valence-electron chi connectivity index (χ3n) is 3.03. The van der Waals surface area contributed by atoms with Gasteiger partial charge in [0.05, 0.1) is 23.4 Å². The van der Waals surface area contributed by atoms with Gasteiger partial charge in [0.15, 0.2) is 5.71 Å². The van der Waals surface area contributed by atoms with Crippen LogP contribution >= 0.6 is 12.0 Å². The number of hydrogen-bond acceptors (Lipinski definition) is 7. The number of rotatable bonds is 5. The van der Waals surface area contributed by atoms with Crippen LogP contribution in [0, 0.1) is 5.82 Å². The van der Waals surface area contributed by atoms with E-state index in [9.17, 15) is 9.18 Å². The van der Waals surface area contributed by atoms with Crippen LogP contribution in [0.3, 0.4) is 0 Å². The van der Waals surface area contributed by atoms with Crippen LogP contribution in [-0.2, 0) is 14.2 Å². The Bertz CT molecular complexity index is 784. The van der Waals surface area contributed by atoms with Gasteiger partial charge in [0.25, 0.3) is 5.91 Å².